The third-order valence-corrected chi connectivity index (χ3v) is 7.08. The zero-order valence-corrected chi connectivity index (χ0v) is 25.5. The first kappa shape index (κ1) is 32.4. The van der Waals surface area contributed by atoms with E-state index >= 15 is 0 Å². The summed E-state index contributed by atoms with van der Waals surface area (Å²) in [5, 5.41) is 18.0. The smallest absolute Gasteiger partial charge is 0.319 e. The van der Waals surface area contributed by atoms with Gasteiger partial charge in [-0.05, 0) is 48.9 Å². The number of urea groups is 1. The summed E-state index contributed by atoms with van der Waals surface area (Å²) in [6.07, 6.45) is 1.76. The Balaban J connectivity index is 1.85. The molecule has 1 aliphatic rings. The highest BCUT2D eigenvalue weighted by Gasteiger charge is 2.26. The van der Waals surface area contributed by atoms with E-state index in [-0.39, 0.29) is 23.8 Å². The topological polar surface area (TPSA) is 131 Å². The molecule has 228 valence electrons. The van der Waals surface area contributed by atoms with Crippen LogP contribution in [0.2, 0.25) is 0 Å². The Morgan fingerprint density at radius 1 is 0.976 bits per heavy atom. The van der Waals surface area contributed by atoms with Gasteiger partial charge in [-0.1, -0.05) is 57.5 Å². The predicted octanol–water partition coefficient (Wildman–Crippen LogP) is 4.95. The molecule has 0 bridgehead atoms. The van der Waals surface area contributed by atoms with Crippen molar-refractivity contribution < 1.29 is 24.3 Å². The summed E-state index contributed by atoms with van der Waals surface area (Å²) in [5.74, 6) is -1.33. The monoisotopic (exact) mass is 579 g/mol. The molecule has 4 amide bonds. The average Bonchev–Trinajstić information content (AvgIpc) is 3.17. The van der Waals surface area contributed by atoms with Gasteiger partial charge in [0.15, 0.2) is 0 Å². The molecular weight excluding hydrogens is 534 g/mol. The van der Waals surface area contributed by atoms with Gasteiger partial charge in [0.1, 0.15) is 0 Å². The molecule has 3 rings (SSSR count). The summed E-state index contributed by atoms with van der Waals surface area (Å²) < 4.78 is 0. The molecule has 1 saturated heterocycles. The number of carboxylic acids is 1. The molecule has 0 radical (unpaired) electrons. The number of aliphatic carboxylic acids is 1. The Bertz CT molecular complexity index is 1250. The maximum Gasteiger partial charge on any atom is 0.319 e. The number of hydrogen-bond donors (Lipinski definition) is 4. The fraction of sp³-hybridized carbons (Fsp3) is 0.500. The molecule has 0 aliphatic carbocycles. The molecular formula is C32H45N5O5. The fourth-order valence-electron chi connectivity index (χ4n) is 4.90. The zero-order valence-electron chi connectivity index (χ0n) is 25.5. The Morgan fingerprint density at radius 3 is 2.33 bits per heavy atom. The van der Waals surface area contributed by atoms with Gasteiger partial charge >= 0.3 is 12.0 Å². The summed E-state index contributed by atoms with van der Waals surface area (Å²) >= 11 is 0. The third-order valence-electron chi connectivity index (χ3n) is 7.08. The molecule has 1 unspecified atom stereocenters. The van der Waals surface area contributed by atoms with Crippen LogP contribution in [0.3, 0.4) is 0 Å². The summed E-state index contributed by atoms with van der Waals surface area (Å²) in [5.41, 5.74) is 3.15. The normalized spacial score (nSPS) is 14.5. The number of carbonyl (C=O) groups is 4. The Morgan fingerprint density at radius 2 is 1.69 bits per heavy atom. The van der Waals surface area contributed by atoms with Gasteiger partial charge in [-0.15, -0.1) is 0 Å². The van der Waals surface area contributed by atoms with Crippen molar-refractivity contribution in [2.24, 2.45) is 5.41 Å². The second kappa shape index (κ2) is 14.7. The quantitative estimate of drug-likeness (QED) is 0.315. The Hall–Kier alpha value is -4.08. The number of carbonyl (C=O) groups excluding carboxylic acids is 3. The molecule has 1 aliphatic heterocycles. The Labute approximate surface area is 248 Å². The molecule has 10 nitrogen and oxygen atoms in total. The van der Waals surface area contributed by atoms with Crippen molar-refractivity contribution >= 4 is 35.2 Å². The van der Waals surface area contributed by atoms with E-state index in [0.29, 0.717) is 56.0 Å². The van der Waals surface area contributed by atoms with Crippen LogP contribution in [0.15, 0.2) is 42.5 Å². The molecule has 2 aromatic carbocycles. The van der Waals surface area contributed by atoms with E-state index in [1.54, 1.807) is 18.2 Å². The van der Waals surface area contributed by atoms with Crippen LogP contribution in [-0.2, 0) is 9.59 Å². The van der Waals surface area contributed by atoms with E-state index in [2.05, 4.69) is 41.6 Å². The van der Waals surface area contributed by atoms with Gasteiger partial charge in [0.25, 0.3) is 5.91 Å². The summed E-state index contributed by atoms with van der Waals surface area (Å²) in [7, 11) is 0. The predicted molar refractivity (Wildman–Crippen MR) is 165 cm³/mol. The van der Waals surface area contributed by atoms with E-state index in [1.165, 1.54) is 0 Å². The van der Waals surface area contributed by atoms with Crippen molar-refractivity contribution in [1.29, 1.82) is 0 Å². The van der Waals surface area contributed by atoms with Gasteiger partial charge in [-0.2, -0.15) is 0 Å². The van der Waals surface area contributed by atoms with E-state index in [9.17, 15) is 24.3 Å². The lowest BCUT2D eigenvalue weighted by atomic mass is 9.91. The van der Waals surface area contributed by atoms with Gasteiger partial charge in [-0.25, -0.2) is 4.79 Å². The van der Waals surface area contributed by atoms with E-state index in [0.717, 1.165) is 24.1 Å². The highest BCUT2D eigenvalue weighted by Crippen LogP contribution is 2.30. The molecule has 0 saturated carbocycles. The molecule has 42 heavy (non-hydrogen) atoms. The van der Waals surface area contributed by atoms with Crippen molar-refractivity contribution in [3.05, 3.63) is 59.2 Å². The van der Waals surface area contributed by atoms with E-state index in [1.807, 2.05) is 43.0 Å². The minimum Gasteiger partial charge on any atom is -0.481 e. The second-order valence-electron chi connectivity index (χ2n) is 12.1. The number of amides is 4. The van der Waals surface area contributed by atoms with Gasteiger partial charge in [0, 0.05) is 44.7 Å². The first-order valence-electron chi connectivity index (χ1n) is 14.7. The molecule has 0 spiro atoms. The van der Waals surface area contributed by atoms with Gasteiger partial charge in [0.2, 0.25) is 5.91 Å². The van der Waals surface area contributed by atoms with Crippen molar-refractivity contribution in [2.45, 2.75) is 66.3 Å². The maximum atomic E-state index is 13.4. The third kappa shape index (κ3) is 9.78. The van der Waals surface area contributed by atoms with Crippen LogP contribution in [0.5, 0.6) is 0 Å². The second-order valence-corrected chi connectivity index (χ2v) is 12.1. The summed E-state index contributed by atoms with van der Waals surface area (Å²) in [6, 6.07) is 11.4. The largest absolute Gasteiger partial charge is 0.481 e. The van der Waals surface area contributed by atoms with Gasteiger partial charge < -0.3 is 30.9 Å². The highest BCUT2D eigenvalue weighted by molar-refractivity contribution is 6.00. The lowest BCUT2D eigenvalue weighted by molar-refractivity contribution is -0.137. The number of rotatable bonds is 10. The lowest BCUT2D eigenvalue weighted by Crippen LogP contribution is -2.37. The lowest BCUT2D eigenvalue weighted by Gasteiger charge is -2.27. The van der Waals surface area contributed by atoms with Crippen molar-refractivity contribution in [3.8, 4) is 0 Å². The first-order valence-corrected chi connectivity index (χ1v) is 14.7. The molecule has 1 fully saturated rings. The minimum absolute atomic E-state index is 0.0919. The minimum atomic E-state index is -1.03. The number of anilines is 2. The fourth-order valence-corrected chi connectivity index (χ4v) is 4.90. The standard InChI is InChI=1S/C32H45N5O5/c1-6-14-33-31(42)35-26-19-24(30(41)34-25(20-29(39)40)23-10-8-22(2)9-11-23)12-13-27(26)36-15-7-16-37(18-17-36)28(38)21-32(3,4)5/h8-13,19,25H,6-7,14-18,20-21H2,1-5H3,(H,34,41)(H,39,40)(H2,33,35,42). The van der Waals surface area contributed by atoms with Gasteiger partial charge in [-0.3, -0.25) is 14.4 Å². The molecule has 1 atom stereocenters. The maximum absolute atomic E-state index is 13.4. The van der Waals surface area contributed by atoms with Crippen LogP contribution in [0.25, 0.3) is 0 Å². The van der Waals surface area contributed by atoms with Crippen molar-refractivity contribution in [1.82, 2.24) is 15.5 Å². The highest BCUT2D eigenvalue weighted by atomic mass is 16.4. The van der Waals surface area contributed by atoms with Crippen molar-refractivity contribution in [2.75, 3.05) is 42.9 Å². The van der Waals surface area contributed by atoms with Gasteiger partial charge in [0.05, 0.1) is 23.8 Å². The average molecular weight is 580 g/mol. The molecule has 0 aromatic heterocycles. The Kier molecular flexibility index (Phi) is 11.4. The van der Waals surface area contributed by atoms with Crippen LogP contribution in [0, 0.1) is 12.3 Å². The SMILES string of the molecule is CCCNC(=O)Nc1cc(C(=O)NC(CC(=O)O)c2ccc(C)cc2)ccc1N1CCCN(C(=O)CC(C)(C)C)CC1. The van der Waals surface area contributed by atoms with Crippen LogP contribution in [0.4, 0.5) is 16.2 Å². The number of nitrogens with zero attached hydrogens (tertiary/aromatic N) is 2. The number of benzene rings is 2. The zero-order chi connectivity index (χ0) is 30.9. The summed E-state index contributed by atoms with van der Waals surface area (Å²) in [6.45, 7) is 13.1. The van der Waals surface area contributed by atoms with Crippen LogP contribution in [0.1, 0.15) is 80.9 Å². The van der Waals surface area contributed by atoms with Crippen LogP contribution in [-0.4, -0.2) is 66.5 Å². The molecule has 10 heteroatoms. The first-order chi connectivity index (χ1) is 19.9. The van der Waals surface area contributed by atoms with Crippen molar-refractivity contribution in [3.63, 3.8) is 0 Å². The summed E-state index contributed by atoms with van der Waals surface area (Å²) in [4.78, 5) is 54.5. The van der Waals surface area contributed by atoms with E-state index < -0.39 is 17.9 Å². The molecule has 4 N–H and O–H groups in total. The molecule has 2 aromatic rings. The van der Waals surface area contributed by atoms with Crippen LogP contribution >= 0.6 is 0 Å². The number of nitrogens with one attached hydrogen (secondary N) is 3. The molecule has 1 heterocycles. The number of hydrogen-bond acceptors (Lipinski definition) is 5. The number of carboxylic acid groups (broad SMARTS) is 1. The van der Waals surface area contributed by atoms with Crippen LogP contribution < -0.4 is 20.9 Å². The van der Waals surface area contributed by atoms with E-state index in [4.69, 9.17) is 0 Å². The number of aryl methyl sites for hydroxylation is 1.